The third-order valence-corrected chi connectivity index (χ3v) is 3.10. The lowest BCUT2D eigenvalue weighted by molar-refractivity contribution is -0.143. The maximum absolute atomic E-state index is 11.2. The number of carboxylic acids is 1. The van der Waals surface area contributed by atoms with Crippen molar-refractivity contribution in [3.05, 3.63) is 41.5 Å². The van der Waals surface area contributed by atoms with Crippen molar-refractivity contribution in [3.63, 3.8) is 0 Å². The predicted octanol–water partition coefficient (Wildman–Crippen LogP) is 2.23. The van der Waals surface area contributed by atoms with Gasteiger partial charge in [-0.15, -0.1) is 0 Å². The van der Waals surface area contributed by atoms with Crippen molar-refractivity contribution < 1.29 is 15.0 Å². The summed E-state index contributed by atoms with van der Waals surface area (Å²) in [5, 5.41) is 19.0. The van der Waals surface area contributed by atoms with Gasteiger partial charge in [0.05, 0.1) is 11.5 Å². The highest BCUT2D eigenvalue weighted by molar-refractivity contribution is 5.93. The topological polar surface area (TPSA) is 57.5 Å². The largest absolute Gasteiger partial charge is 0.481 e. The van der Waals surface area contributed by atoms with E-state index in [-0.39, 0.29) is 0 Å². The molecule has 2 N–H and O–H groups in total. The van der Waals surface area contributed by atoms with Crippen molar-refractivity contribution in [2.24, 2.45) is 5.41 Å². The maximum Gasteiger partial charge on any atom is 0.313 e. The van der Waals surface area contributed by atoms with Gasteiger partial charge in [0.15, 0.2) is 0 Å². The Morgan fingerprint density at radius 2 is 1.94 bits per heavy atom. The fourth-order valence-corrected chi connectivity index (χ4v) is 2.00. The average molecular weight is 218 g/mol. The fourth-order valence-electron chi connectivity index (χ4n) is 2.00. The Labute approximate surface area is 94.0 Å². The second-order valence-electron chi connectivity index (χ2n) is 4.54. The van der Waals surface area contributed by atoms with Crippen molar-refractivity contribution >= 4 is 11.5 Å². The van der Waals surface area contributed by atoms with Crippen molar-refractivity contribution in [2.75, 3.05) is 0 Å². The number of aliphatic hydroxyl groups excluding tert-OH is 1. The normalized spacial score (nSPS) is 19.2. The number of carbonyl (C=O) groups is 1. The lowest BCUT2D eigenvalue weighted by Gasteiger charge is -2.21. The molecule has 84 valence electrons. The van der Waals surface area contributed by atoms with Crippen LogP contribution in [0.4, 0.5) is 0 Å². The van der Waals surface area contributed by atoms with E-state index >= 15 is 0 Å². The molecule has 0 heterocycles. The molecule has 0 aliphatic heterocycles. The third-order valence-electron chi connectivity index (χ3n) is 3.10. The summed E-state index contributed by atoms with van der Waals surface area (Å²) in [6.07, 6.45) is 0.934. The van der Waals surface area contributed by atoms with E-state index < -0.39 is 17.5 Å². The maximum atomic E-state index is 11.2. The number of rotatable bonds is 2. The van der Waals surface area contributed by atoms with Crippen LogP contribution < -0.4 is 0 Å². The average Bonchev–Trinajstić information content (AvgIpc) is 2.57. The smallest absolute Gasteiger partial charge is 0.313 e. The van der Waals surface area contributed by atoms with Crippen molar-refractivity contribution in [2.45, 2.75) is 20.0 Å². The van der Waals surface area contributed by atoms with Gasteiger partial charge in [-0.05, 0) is 36.6 Å². The summed E-state index contributed by atoms with van der Waals surface area (Å²) in [6, 6.07) is 7.36. The molecule has 0 amide bonds. The van der Waals surface area contributed by atoms with Crippen LogP contribution in [0.15, 0.2) is 30.3 Å². The number of hydrogen-bond donors (Lipinski definition) is 2. The van der Waals surface area contributed by atoms with Gasteiger partial charge in [0.25, 0.3) is 0 Å². The zero-order valence-corrected chi connectivity index (χ0v) is 9.27. The molecule has 0 aromatic heterocycles. The summed E-state index contributed by atoms with van der Waals surface area (Å²) >= 11 is 0. The summed E-state index contributed by atoms with van der Waals surface area (Å²) in [7, 11) is 0. The number of aliphatic carboxylic acids is 1. The molecule has 0 radical (unpaired) electrons. The first-order valence-corrected chi connectivity index (χ1v) is 5.17. The van der Waals surface area contributed by atoms with Crippen LogP contribution in [0.5, 0.6) is 0 Å². The Hall–Kier alpha value is -1.61. The van der Waals surface area contributed by atoms with E-state index in [9.17, 15) is 15.0 Å². The van der Waals surface area contributed by atoms with Crippen LogP contribution in [-0.2, 0) is 4.79 Å². The highest BCUT2D eigenvalue weighted by Gasteiger charge is 2.37. The number of carboxylic acid groups (broad SMARTS) is 1. The third kappa shape index (κ3) is 1.44. The van der Waals surface area contributed by atoms with E-state index in [0.717, 1.165) is 11.1 Å². The number of hydrogen-bond acceptors (Lipinski definition) is 2. The molecule has 0 bridgehead atoms. The number of aliphatic hydroxyl groups is 1. The summed E-state index contributed by atoms with van der Waals surface area (Å²) in [5.74, 6) is -0.886. The molecular formula is C13H14O3. The molecule has 0 spiro atoms. The Balaban J connectivity index is 2.54. The van der Waals surface area contributed by atoms with Gasteiger partial charge in [0.1, 0.15) is 0 Å². The minimum atomic E-state index is -0.979. The number of fused-ring (bicyclic) bond motifs is 1. The molecular weight excluding hydrogens is 204 g/mol. The first-order chi connectivity index (χ1) is 7.44. The van der Waals surface area contributed by atoms with Crippen LogP contribution in [0.1, 0.15) is 31.1 Å². The van der Waals surface area contributed by atoms with Crippen LogP contribution in [0, 0.1) is 5.41 Å². The fraction of sp³-hybridized carbons (Fsp3) is 0.308. The minimum absolute atomic E-state index is 0.683. The van der Waals surface area contributed by atoms with Gasteiger partial charge in [-0.25, -0.2) is 0 Å². The number of benzene rings is 1. The van der Waals surface area contributed by atoms with Crippen LogP contribution in [-0.4, -0.2) is 16.2 Å². The molecule has 1 unspecified atom stereocenters. The second-order valence-corrected chi connectivity index (χ2v) is 4.54. The molecule has 1 aromatic carbocycles. The van der Waals surface area contributed by atoms with Crippen molar-refractivity contribution in [1.82, 2.24) is 0 Å². The van der Waals surface area contributed by atoms with Gasteiger partial charge in [-0.3, -0.25) is 4.79 Å². The van der Waals surface area contributed by atoms with E-state index in [1.165, 1.54) is 0 Å². The summed E-state index contributed by atoms with van der Waals surface area (Å²) in [4.78, 5) is 11.2. The zero-order valence-electron chi connectivity index (χ0n) is 9.27. The van der Waals surface area contributed by atoms with E-state index in [4.69, 9.17) is 0 Å². The Morgan fingerprint density at radius 1 is 1.31 bits per heavy atom. The predicted molar refractivity (Wildman–Crippen MR) is 60.8 cm³/mol. The van der Waals surface area contributed by atoms with Gasteiger partial charge in [-0.2, -0.15) is 0 Å². The lowest BCUT2D eigenvalue weighted by atomic mass is 9.81. The van der Waals surface area contributed by atoms with Crippen LogP contribution >= 0.6 is 0 Å². The molecule has 1 aromatic rings. The first kappa shape index (κ1) is 10.9. The van der Waals surface area contributed by atoms with Crippen LogP contribution in [0.25, 0.3) is 5.57 Å². The zero-order chi connectivity index (χ0) is 11.9. The molecule has 0 fully saturated rings. The molecule has 3 nitrogen and oxygen atoms in total. The monoisotopic (exact) mass is 218 g/mol. The molecule has 0 saturated carbocycles. The second kappa shape index (κ2) is 3.46. The molecule has 1 aliphatic rings. The SMILES string of the molecule is CC(C)(C(=O)O)C1=CC(O)c2ccccc21. The molecule has 1 aliphatic carbocycles. The van der Waals surface area contributed by atoms with Gasteiger partial charge >= 0.3 is 5.97 Å². The first-order valence-electron chi connectivity index (χ1n) is 5.17. The molecule has 1 atom stereocenters. The minimum Gasteiger partial charge on any atom is -0.481 e. The summed E-state index contributed by atoms with van der Waals surface area (Å²) in [5.41, 5.74) is 1.32. The molecule has 2 rings (SSSR count). The van der Waals surface area contributed by atoms with Crippen molar-refractivity contribution in [3.8, 4) is 0 Å². The standard InChI is InChI=1S/C13H14O3/c1-13(2,12(15)16)10-7-11(14)9-6-4-3-5-8(9)10/h3-7,11,14H,1-2H3,(H,15,16). The van der Waals surface area contributed by atoms with Gasteiger partial charge in [0, 0.05) is 0 Å². The van der Waals surface area contributed by atoms with E-state index in [2.05, 4.69) is 0 Å². The molecule has 3 heteroatoms. The Morgan fingerprint density at radius 3 is 2.56 bits per heavy atom. The summed E-state index contributed by atoms with van der Waals surface area (Å²) < 4.78 is 0. The molecule has 16 heavy (non-hydrogen) atoms. The quantitative estimate of drug-likeness (QED) is 0.800. The van der Waals surface area contributed by atoms with E-state index in [1.54, 1.807) is 19.9 Å². The Kier molecular flexibility index (Phi) is 2.35. The van der Waals surface area contributed by atoms with E-state index in [0.29, 0.717) is 5.57 Å². The van der Waals surface area contributed by atoms with Crippen LogP contribution in [0.2, 0.25) is 0 Å². The Bertz CT molecular complexity index is 472. The van der Waals surface area contributed by atoms with Gasteiger partial charge in [-0.1, -0.05) is 24.3 Å². The highest BCUT2D eigenvalue weighted by atomic mass is 16.4. The van der Waals surface area contributed by atoms with Gasteiger partial charge in [0.2, 0.25) is 0 Å². The van der Waals surface area contributed by atoms with Gasteiger partial charge < -0.3 is 10.2 Å². The summed E-state index contributed by atoms with van der Waals surface area (Å²) in [6.45, 7) is 3.30. The lowest BCUT2D eigenvalue weighted by Crippen LogP contribution is -2.24. The highest BCUT2D eigenvalue weighted by Crippen LogP contribution is 2.44. The van der Waals surface area contributed by atoms with E-state index in [1.807, 2.05) is 24.3 Å². The molecule has 0 saturated heterocycles. The van der Waals surface area contributed by atoms with Crippen LogP contribution in [0.3, 0.4) is 0 Å². The van der Waals surface area contributed by atoms with Crippen molar-refractivity contribution in [1.29, 1.82) is 0 Å².